The Morgan fingerprint density at radius 2 is 2.00 bits per heavy atom. The van der Waals surface area contributed by atoms with Crippen LogP contribution >= 0.6 is 0 Å². The number of nitriles is 1. The first-order valence-corrected chi connectivity index (χ1v) is 6.88. The fraction of sp³-hybridized carbons (Fsp3) is 0.562. The van der Waals surface area contributed by atoms with E-state index in [1.54, 1.807) is 7.05 Å². The Hall–Kier alpha value is -1.37. The summed E-state index contributed by atoms with van der Waals surface area (Å²) in [5.41, 5.74) is 0.197. The summed E-state index contributed by atoms with van der Waals surface area (Å²) in [7, 11) is 1.80. The molecule has 0 aliphatic carbocycles. The van der Waals surface area contributed by atoms with E-state index in [2.05, 4.69) is 25.2 Å². The van der Waals surface area contributed by atoms with Crippen LogP contribution in [0, 0.1) is 17.2 Å². The number of nitrogens with zero attached hydrogens (tertiary/aromatic N) is 1. The maximum absolute atomic E-state index is 9.48. The average Bonchev–Trinajstić information content (AvgIpc) is 2.44. The smallest absolute Gasteiger partial charge is 0.155 e. The van der Waals surface area contributed by atoms with E-state index in [1.165, 1.54) is 0 Å². The fourth-order valence-electron chi connectivity index (χ4n) is 1.99. The molecule has 104 valence electrons. The van der Waals surface area contributed by atoms with Crippen LogP contribution in [0.4, 0.5) is 0 Å². The summed E-state index contributed by atoms with van der Waals surface area (Å²) in [6.07, 6.45) is 2.20. The van der Waals surface area contributed by atoms with E-state index in [0.717, 1.165) is 18.4 Å². The molecule has 0 bridgehead atoms. The van der Waals surface area contributed by atoms with Gasteiger partial charge in [0, 0.05) is 6.61 Å². The van der Waals surface area contributed by atoms with Gasteiger partial charge in [-0.15, -0.1) is 0 Å². The van der Waals surface area contributed by atoms with Crippen molar-refractivity contribution in [2.24, 2.45) is 5.92 Å². The molecule has 3 heteroatoms. The van der Waals surface area contributed by atoms with Gasteiger partial charge in [0.2, 0.25) is 0 Å². The summed E-state index contributed by atoms with van der Waals surface area (Å²) >= 11 is 0. The van der Waals surface area contributed by atoms with Crippen molar-refractivity contribution in [3.8, 4) is 6.07 Å². The molecule has 0 aliphatic rings. The quantitative estimate of drug-likeness (QED) is 0.731. The van der Waals surface area contributed by atoms with Crippen LogP contribution in [0.15, 0.2) is 30.3 Å². The maximum Gasteiger partial charge on any atom is 0.155 e. The number of nitrogens with one attached hydrogen (secondary N) is 1. The van der Waals surface area contributed by atoms with Gasteiger partial charge in [0.25, 0.3) is 0 Å². The third kappa shape index (κ3) is 4.66. The van der Waals surface area contributed by atoms with E-state index in [1.807, 2.05) is 30.3 Å². The lowest BCUT2D eigenvalue weighted by Gasteiger charge is -2.26. The molecule has 0 saturated heterocycles. The first-order chi connectivity index (χ1) is 9.14. The second kappa shape index (κ2) is 7.93. The third-order valence-corrected chi connectivity index (χ3v) is 3.27. The molecule has 3 nitrogen and oxygen atoms in total. The van der Waals surface area contributed by atoms with Crippen molar-refractivity contribution in [1.82, 2.24) is 5.32 Å². The number of benzene rings is 1. The van der Waals surface area contributed by atoms with Gasteiger partial charge in [0.15, 0.2) is 5.54 Å². The molecule has 0 fully saturated rings. The van der Waals surface area contributed by atoms with Gasteiger partial charge in [-0.2, -0.15) is 5.26 Å². The van der Waals surface area contributed by atoms with Crippen LogP contribution in [0.25, 0.3) is 0 Å². The van der Waals surface area contributed by atoms with Crippen LogP contribution in [0.2, 0.25) is 0 Å². The zero-order chi connectivity index (χ0) is 14.1. The van der Waals surface area contributed by atoms with E-state index < -0.39 is 5.54 Å². The van der Waals surface area contributed by atoms with E-state index in [-0.39, 0.29) is 0 Å². The Morgan fingerprint density at radius 3 is 2.53 bits per heavy atom. The lowest BCUT2D eigenvalue weighted by Crippen LogP contribution is -2.43. The van der Waals surface area contributed by atoms with Gasteiger partial charge in [0.1, 0.15) is 0 Å². The van der Waals surface area contributed by atoms with Gasteiger partial charge in [0.05, 0.1) is 12.7 Å². The lowest BCUT2D eigenvalue weighted by atomic mass is 9.92. The summed E-state index contributed by atoms with van der Waals surface area (Å²) in [5, 5.41) is 12.6. The molecule has 19 heavy (non-hydrogen) atoms. The summed E-state index contributed by atoms with van der Waals surface area (Å²) in [6, 6.07) is 12.1. The molecule has 1 rings (SSSR count). The van der Waals surface area contributed by atoms with Crippen LogP contribution in [0.5, 0.6) is 0 Å². The van der Waals surface area contributed by atoms with Crippen molar-refractivity contribution in [2.45, 2.75) is 32.2 Å². The highest BCUT2D eigenvalue weighted by Gasteiger charge is 2.30. The van der Waals surface area contributed by atoms with Crippen LogP contribution < -0.4 is 5.32 Å². The largest absolute Gasteiger partial charge is 0.378 e. The van der Waals surface area contributed by atoms with Gasteiger partial charge in [-0.05, 0) is 31.4 Å². The molecule has 1 unspecified atom stereocenters. The Kier molecular flexibility index (Phi) is 6.55. The van der Waals surface area contributed by atoms with Crippen LogP contribution in [-0.4, -0.2) is 20.3 Å². The van der Waals surface area contributed by atoms with E-state index in [0.29, 0.717) is 19.1 Å². The normalized spacial score (nSPS) is 14.1. The van der Waals surface area contributed by atoms with E-state index in [9.17, 15) is 5.26 Å². The zero-order valence-electron chi connectivity index (χ0n) is 12.1. The zero-order valence-corrected chi connectivity index (χ0v) is 12.1. The van der Waals surface area contributed by atoms with Crippen molar-refractivity contribution >= 4 is 0 Å². The van der Waals surface area contributed by atoms with Crippen molar-refractivity contribution in [1.29, 1.82) is 5.26 Å². The standard InChI is InChI=1S/C16H24N2O/c1-14(2)8-7-11-19-13-16(12-17,18-3)15-9-5-4-6-10-15/h4-6,9-10,14,18H,7-8,11,13H2,1-3H3. The highest BCUT2D eigenvalue weighted by atomic mass is 16.5. The molecule has 0 saturated carbocycles. The maximum atomic E-state index is 9.48. The first kappa shape index (κ1) is 15.7. The van der Waals surface area contributed by atoms with Gasteiger partial charge in [-0.25, -0.2) is 0 Å². The summed E-state index contributed by atoms with van der Waals surface area (Å²) in [6.45, 7) is 5.49. The molecule has 1 N–H and O–H groups in total. The Labute approximate surface area is 116 Å². The number of hydrogen-bond acceptors (Lipinski definition) is 3. The molecular weight excluding hydrogens is 236 g/mol. The van der Waals surface area contributed by atoms with Crippen LogP contribution in [-0.2, 0) is 10.3 Å². The topological polar surface area (TPSA) is 45.0 Å². The second-order valence-corrected chi connectivity index (χ2v) is 5.22. The number of ether oxygens (including phenoxy) is 1. The first-order valence-electron chi connectivity index (χ1n) is 6.88. The molecule has 0 spiro atoms. The minimum Gasteiger partial charge on any atom is -0.378 e. The van der Waals surface area contributed by atoms with Gasteiger partial charge < -0.3 is 4.74 Å². The fourth-order valence-corrected chi connectivity index (χ4v) is 1.99. The van der Waals surface area contributed by atoms with Crippen molar-refractivity contribution in [3.05, 3.63) is 35.9 Å². The number of rotatable bonds is 8. The van der Waals surface area contributed by atoms with Gasteiger partial charge in [-0.3, -0.25) is 5.32 Å². The summed E-state index contributed by atoms with van der Waals surface area (Å²) < 4.78 is 5.70. The molecule has 1 aromatic carbocycles. The molecular formula is C16H24N2O. The Bertz CT molecular complexity index is 397. The molecule has 0 heterocycles. The van der Waals surface area contributed by atoms with Crippen LogP contribution in [0.1, 0.15) is 32.3 Å². The van der Waals surface area contributed by atoms with Crippen molar-refractivity contribution in [3.63, 3.8) is 0 Å². The van der Waals surface area contributed by atoms with Crippen LogP contribution in [0.3, 0.4) is 0 Å². The Balaban J connectivity index is 2.56. The minimum absolute atomic E-state index is 0.377. The Morgan fingerprint density at radius 1 is 1.32 bits per heavy atom. The molecule has 1 atom stereocenters. The third-order valence-electron chi connectivity index (χ3n) is 3.27. The van der Waals surface area contributed by atoms with Gasteiger partial charge >= 0.3 is 0 Å². The highest BCUT2D eigenvalue weighted by molar-refractivity contribution is 5.31. The van der Waals surface area contributed by atoms with Crippen molar-refractivity contribution in [2.75, 3.05) is 20.3 Å². The molecule has 0 aromatic heterocycles. The van der Waals surface area contributed by atoms with Crippen molar-refractivity contribution < 1.29 is 4.74 Å². The molecule has 0 amide bonds. The van der Waals surface area contributed by atoms with E-state index in [4.69, 9.17) is 4.74 Å². The summed E-state index contributed by atoms with van der Waals surface area (Å²) in [4.78, 5) is 0. The minimum atomic E-state index is -0.751. The predicted octanol–water partition coefficient (Wildman–Crippen LogP) is 3.08. The number of hydrogen-bond donors (Lipinski definition) is 1. The predicted molar refractivity (Wildman–Crippen MR) is 77.7 cm³/mol. The molecule has 0 radical (unpaired) electrons. The lowest BCUT2D eigenvalue weighted by molar-refractivity contribution is 0.0870. The average molecular weight is 260 g/mol. The van der Waals surface area contributed by atoms with E-state index >= 15 is 0 Å². The number of likely N-dealkylation sites (N-methyl/N-ethyl adjacent to an activating group) is 1. The molecule has 1 aromatic rings. The summed E-state index contributed by atoms with van der Waals surface area (Å²) in [5.74, 6) is 0.697. The SMILES string of the molecule is CNC(C#N)(COCCCC(C)C)c1ccccc1. The molecule has 0 aliphatic heterocycles. The highest BCUT2D eigenvalue weighted by Crippen LogP contribution is 2.20. The second-order valence-electron chi connectivity index (χ2n) is 5.22. The van der Waals surface area contributed by atoms with Gasteiger partial charge in [-0.1, -0.05) is 44.2 Å². The monoisotopic (exact) mass is 260 g/mol.